The third kappa shape index (κ3) is 5.81. The number of piperidine rings is 1. The number of aliphatic imine (C=N–C) groups is 1. The summed E-state index contributed by atoms with van der Waals surface area (Å²) in [6.45, 7) is 4.48. The normalized spacial score (nSPS) is 21.5. The second kappa shape index (κ2) is 10.8. The SMILES string of the molecule is CN=C(NCCCc1nnc2n1CCCCC2)NC1CCN(C2CC2)CC1.I. The number of likely N-dealkylation sites (tertiary alicyclic amines) is 1. The van der Waals surface area contributed by atoms with Crippen LogP contribution in [0.2, 0.25) is 0 Å². The molecule has 1 aromatic heterocycles. The summed E-state index contributed by atoms with van der Waals surface area (Å²) in [4.78, 5) is 7.08. The molecule has 3 aliphatic rings. The number of aryl methyl sites for hydroxylation is 2. The van der Waals surface area contributed by atoms with Crippen molar-refractivity contribution in [1.82, 2.24) is 30.3 Å². The molecule has 0 bridgehead atoms. The number of hydrogen-bond acceptors (Lipinski definition) is 4. The van der Waals surface area contributed by atoms with Gasteiger partial charge in [0.15, 0.2) is 5.96 Å². The number of fused-ring (bicyclic) bond motifs is 1. The van der Waals surface area contributed by atoms with Gasteiger partial charge in [0.2, 0.25) is 0 Å². The Morgan fingerprint density at radius 2 is 1.89 bits per heavy atom. The number of nitrogens with zero attached hydrogens (tertiary/aromatic N) is 5. The Morgan fingerprint density at radius 3 is 2.64 bits per heavy atom. The van der Waals surface area contributed by atoms with E-state index >= 15 is 0 Å². The predicted molar refractivity (Wildman–Crippen MR) is 123 cm³/mol. The van der Waals surface area contributed by atoms with Crippen LogP contribution in [-0.2, 0) is 19.4 Å². The van der Waals surface area contributed by atoms with Crippen molar-refractivity contribution in [2.75, 3.05) is 26.7 Å². The minimum absolute atomic E-state index is 0. The van der Waals surface area contributed by atoms with E-state index < -0.39 is 0 Å². The fourth-order valence-electron chi connectivity index (χ4n) is 4.42. The maximum Gasteiger partial charge on any atom is 0.191 e. The second-order valence-corrected chi connectivity index (χ2v) is 8.28. The minimum Gasteiger partial charge on any atom is -0.356 e. The number of hydrogen-bond donors (Lipinski definition) is 2. The third-order valence-electron chi connectivity index (χ3n) is 6.21. The van der Waals surface area contributed by atoms with Crippen LogP contribution in [0.3, 0.4) is 0 Å². The number of rotatable bonds is 6. The monoisotopic (exact) mass is 501 g/mol. The maximum absolute atomic E-state index is 4.43. The molecule has 8 heteroatoms. The molecule has 3 heterocycles. The molecular formula is C20H36IN7. The van der Waals surface area contributed by atoms with Crippen LogP contribution in [0.5, 0.6) is 0 Å². The van der Waals surface area contributed by atoms with Gasteiger partial charge in [0.25, 0.3) is 0 Å². The van der Waals surface area contributed by atoms with Crippen LogP contribution in [-0.4, -0.2) is 64.4 Å². The third-order valence-corrected chi connectivity index (χ3v) is 6.21. The number of aromatic nitrogens is 3. The van der Waals surface area contributed by atoms with E-state index in [2.05, 4.69) is 35.3 Å². The van der Waals surface area contributed by atoms with Crippen molar-refractivity contribution in [3.05, 3.63) is 11.6 Å². The molecule has 1 saturated heterocycles. The van der Waals surface area contributed by atoms with Gasteiger partial charge in [-0.05, 0) is 44.9 Å². The maximum atomic E-state index is 4.43. The first kappa shape index (κ1) is 21.8. The molecule has 7 nitrogen and oxygen atoms in total. The molecule has 0 amide bonds. The predicted octanol–water partition coefficient (Wildman–Crippen LogP) is 2.35. The Labute approximate surface area is 186 Å². The Hall–Kier alpha value is -0.900. The van der Waals surface area contributed by atoms with Crippen LogP contribution >= 0.6 is 24.0 Å². The molecule has 0 unspecified atom stereocenters. The van der Waals surface area contributed by atoms with Gasteiger partial charge >= 0.3 is 0 Å². The van der Waals surface area contributed by atoms with E-state index in [1.807, 2.05) is 7.05 Å². The molecule has 4 rings (SSSR count). The topological polar surface area (TPSA) is 70.4 Å². The van der Waals surface area contributed by atoms with Crippen molar-refractivity contribution >= 4 is 29.9 Å². The summed E-state index contributed by atoms with van der Waals surface area (Å²) in [5, 5.41) is 15.9. The largest absolute Gasteiger partial charge is 0.356 e. The lowest BCUT2D eigenvalue weighted by Crippen LogP contribution is -2.49. The standard InChI is InChI=1S/C20H35N7.HI/c1-21-20(23-16-10-14-26(15-11-16)17-8-9-17)22-12-5-7-19-25-24-18-6-3-2-4-13-27(18)19;/h16-17H,2-15H2,1H3,(H2,21,22,23);1H. The van der Waals surface area contributed by atoms with Gasteiger partial charge in [-0.3, -0.25) is 4.99 Å². The fraction of sp³-hybridized carbons (Fsp3) is 0.850. The van der Waals surface area contributed by atoms with Crippen LogP contribution in [0.15, 0.2) is 4.99 Å². The van der Waals surface area contributed by atoms with Gasteiger partial charge in [-0.25, -0.2) is 0 Å². The molecule has 0 atom stereocenters. The van der Waals surface area contributed by atoms with E-state index in [9.17, 15) is 0 Å². The highest BCUT2D eigenvalue weighted by Gasteiger charge is 2.31. The van der Waals surface area contributed by atoms with E-state index in [1.165, 1.54) is 63.9 Å². The van der Waals surface area contributed by atoms with Gasteiger partial charge in [0.1, 0.15) is 11.6 Å². The average Bonchev–Trinajstić information content (AvgIpc) is 3.51. The zero-order valence-electron chi connectivity index (χ0n) is 17.2. The molecule has 2 aliphatic heterocycles. The number of halogens is 1. The van der Waals surface area contributed by atoms with Gasteiger partial charge in [0, 0.05) is 58.2 Å². The molecule has 2 N–H and O–H groups in total. The molecule has 1 saturated carbocycles. The summed E-state index contributed by atoms with van der Waals surface area (Å²) in [6, 6.07) is 1.45. The molecule has 0 aromatic carbocycles. The van der Waals surface area contributed by atoms with Crippen LogP contribution in [0, 0.1) is 0 Å². The molecule has 2 fully saturated rings. The molecule has 0 radical (unpaired) electrons. The van der Waals surface area contributed by atoms with Crippen LogP contribution in [0.4, 0.5) is 0 Å². The zero-order valence-corrected chi connectivity index (χ0v) is 19.5. The molecule has 28 heavy (non-hydrogen) atoms. The fourth-order valence-corrected chi connectivity index (χ4v) is 4.42. The first-order valence-electron chi connectivity index (χ1n) is 11.0. The van der Waals surface area contributed by atoms with Crippen molar-refractivity contribution < 1.29 is 0 Å². The summed E-state index contributed by atoms with van der Waals surface area (Å²) in [5.74, 6) is 3.29. The second-order valence-electron chi connectivity index (χ2n) is 8.28. The van der Waals surface area contributed by atoms with Gasteiger partial charge in [-0.15, -0.1) is 34.2 Å². The van der Waals surface area contributed by atoms with Crippen molar-refractivity contribution in [3.8, 4) is 0 Å². The number of guanidine groups is 1. The van der Waals surface area contributed by atoms with Crippen molar-refractivity contribution in [3.63, 3.8) is 0 Å². The summed E-state index contributed by atoms with van der Waals surface area (Å²) < 4.78 is 2.35. The lowest BCUT2D eigenvalue weighted by molar-refractivity contribution is 0.197. The van der Waals surface area contributed by atoms with Gasteiger partial charge in [-0.1, -0.05) is 6.42 Å². The quantitative estimate of drug-likeness (QED) is 0.271. The molecule has 0 spiro atoms. The smallest absolute Gasteiger partial charge is 0.191 e. The summed E-state index contributed by atoms with van der Waals surface area (Å²) >= 11 is 0. The van der Waals surface area contributed by atoms with E-state index in [4.69, 9.17) is 0 Å². The van der Waals surface area contributed by atoms with Gasteiger partial charge in [-0.2, -0.15) is 0 Å². The first-order valence-corrected chi connectivity index (χ1v) is 11.0. The lowest BCUT2D eigenvalue weighted by Gasteiger charge is -2.33. The van der Waals surface area contributed by atoms with E-state index in [0.717, 1.165) is 50.2 Å². The van der Waals surface area contributed by atoms with E-state index in [-0.39, 0.29) is 24.0 Å². The Kier molecular flexibility index (Phi) is 8.37. The highest BCUT2D eigenvalue weighted by molar-refractivity contribution is 14.0. The van der Waals surface area contributed by atoms with E-state index in [1.54, 1.807) is 0 Å². The summed E-state index contributed by atoms with van der Waals surface area (Å²) in [7, 11) is 1.87. The van der Waals surface area contributed by atoms with Gasteiger partial charge in [0.05, 0.1) is 0 Å². The van der Waals surface area contributed by atoms with Crippen LogP contribution in [0.25, 0.3) is 0 Å². The Bertz CT molecular complexity index is 632. The van der Waals surface area contributed by atoms with E-state index in [0.29, 0.717) is 6.04 Å². The zero-order chi connectivity index (χ0) is 18.5. The average molecular weight is 501 g/mol. The summed E-state index contributed by atoms with van der Waals surface area (Å²) in [5.41, 5.74) is 0. The number of nitrogens with one attached hydrogen (secondary N) is 2. The van der Waals surface area contributed by atoms with Crippen molar-refractivity contribution in [2.45, 2.75) is 82.8 Å². The molecule has 1 aliphatic carbocycles. The highest BCUT2D eigenvalue weighted by Crippen LogP contribution is 2.29. The van der Waals surface area contributed by atoms with Crippen LogP contribution < -0.4 is 10.6 Å². The molecule has 158 valence electrons. The Balaban J connectivity index is 0.00000225. The lowest BCUT2D eigenvalue weighted by atomic mass is 10.1. The van der Waals surface area contributed by atoms with Gasteiger partial charge < -0.3 is 20.1 Å². The molecular weight excluding hydrogens is 465 g/mol. The van der Waals surface area contributed by atoms with Crippen molar-refractivity contribution in [1.29, 1.82) is 0 Å². The molecule has 1 aromatic rings. The minimum atomic E-state index is 0. The summed E-state index contributed by atoms with van der Waals surface area (Å²) in [6.07, 6.45) is 12.2. The van der Waals surface area contributed by atoms with Crippen molar-refractivity contribution in [2.24, 2.45) is 4.99 Å². The highest BCUT2D eigenvalue weighted by atomic mass is 127. The van der Waals surface area contributed by atoms with Crippen LogP contribution in [0.1, 0.15) is 63.0 Å². The Morgan fingerprint density at radius 1 is 1.07 bits per heavy atom. The first-order chi connectivity index (χ1) is 13.3.